The molecule has 1 amide bonds. The van der Waals surface area contributed by atoms with Gasteiger partial charge in [-0.15, -0.1) is 4.91 Å². The first kappa shape index (κ1) is 19.9. The fraction of sp³-hybridized carbons (Fsp3) is 0.348. The first-order chi connectivity index (χ1) is 14.2. The van der Waals surface area contributed by atoms with E-state index in [9.17, 15) is 9.70 Å². The van der Waals surface area contributed by atoms with Crippen LogP contribution in [0.3, 0.4) is 0 Å². The van der Waals surface area contributed by atoms with Crippen LogP contribution < -0.4 is 14.4 Å². The van der Waals surface area contributed by atoms with Crippen molar-refractivity contribution in [2.45, 2.75) is 25.0 Å². The molecule has 2 aromatic rings. The number of hydrogen-bond acceptors (Lipinski definition) is 6. The molecule has 0 aliphatic carbocycles. The lowest BCUT2D eigenvalue weighted by Gasteiger charge is -2.47. The number of methoxy groups -OCH3 is 1. The Bertz CT molecular complexity index is 1060. The van der Waals surface area contributed by atoms with Gasteiger partial charge in [-0.2, -0.15) is 0 Å². The molecule has 156 valence electrons. The van der Waals surface area contributed by atoms with Crippen LogP contribution in [0.1, 0.15) is 25.0 Å². The number of nitroso groups, excluding NO2 is 1. The molecule has 2 aliphatic heterocycles. The fourth-order valence-electron chi connectivity index (χ4n) is 4.35. The Labute approximate surface area is 175 Å². The van der Waals surface area contributed by atoms with Crippen LogP contribution in [0, 0.1) is 4.91 Å². The Morgan fingerprint density at radius 1 is 1.23 bits per heavy atom. The minimum atomic E-state index is -0.946. The summed E-state index contributed by atoms with van der Waals surface area (Å²) in [5.74, 6) is 0.921. The monoisotopic (exact) mass is 407 g/mol. The fourth-order valence-corrected chi connectivity index (χ4v) is 4.35. The van der Waals surface area contributed by atoms with Gasteiger partial charge < -0.3 is 19.3 Å². The molecule has 1 spiro atoms. The topological polar surface area (TPSA) is 71.4 Å². The highest BCUT2D eigenvalue weighted by Crippen LogP contribution is 2.56. The van der Waals surface area contributed by atoms with Gasteiger partial charge in [0.2, 0.25) is 11.6 Å². The van der Waals surface area contributed by atoms with Crippen molar-refractivity contribution < 1.29 is 14.3 Å². The van der Waals surface area contributed by atoms with E-state index in [0.29, 0.717) is 17.1 Å². The maximum Gasteiger partial charge on any atom is 0.241 e. The normalized spacial score (nSPS) is 20.4. The molecule has 7 heteroatoms. The summed E-state index contributed by atoms with van der Waals surface area (Å²) in [6, 6.07) is 11.3. The zero-order chi connectivity index (χ0) is 21.7. The van der Waals surface area contributed by atoms with E-state index in [0.717, 1.165) is 11.3 Å². The van der Waals surface area contributed by atoms with Crippen molar-refractivity contribution in [3.8, 4) is 11.5 Å². The van der Waals surface area contributed by atoms with Crippen molar-refractivity contribution in [3.05, 3.63) is 58.5 Å². The minimum absolute atomic E-state index is 0.0304. The van der Waals surface area contributed by atoms with Crippen molar-refractivity contribution in [1.29, 1.82) is 0 Å². The molecule has 0 saturated carbocycles. The highest BCUT2D eigenvalue weighted by Gasteiger charge is 2.59. The number of amides is 1. The summed E-state index contributed by atoms with van der Waals surface area (Å²) in [5.41, 5.74) is 1.60. The van der Waals surface area contributed by atoms with E-state index in [4.69, 9.17) is 9.47 Å². The molecule has 2 heterocycles. The van der Waals surface area contributed by atoms with Gasteiger partial charge in [0.25, 0.3) is 0 Å². The van der Waals surface area contributed by atoms with Gasteiger partial charge in [0.05, 0.1) is 12.5 Å². The molecule has 0 radical (unpaired) electrons. The second-order valence-corrected chi connectivity index (χ2v) is 8.31. The summed E-state index contributed by atoms with van der Waals surface area (Å²) in [7, 11) is 5.01. The molecule has 1 unspecified atom stereocenters. The summed E-state index contributed by atoms with van der Waals surface area (Å²) >= 11 is 0. The first-order valence-corrected chi connectivity index (χ1v) is 9.76. The van der Waals surface area contributed by atoms with Crippen LogP contribution in [0.2, 0.25) is 0 Å². The summed E-state index contributed by atoms with van der Waals surface area (Å²) in [4.78, 5) is 27.4. The Kier molecular flexibility index (Phi) is 4.56. The van der Waals surface area contributed by atoms with E-state index in [1.165, 1.54) is 7.11 Å². The smallest absolute Gasteiger partial charge is 0.241 e. The molecule has 2 aliphatic rings. The van der Waals surface area contributed by atoms with Crippen molar-refractivity contribution in [2.24, 2.45) is 5.18 Å². The molecule has 30 heavy (non-hydrogen) atoms. The maximum atomic E-state index is 12.7. The number of nitrogens with zero attached hydrogens (tertiary/aromatic N) is 3. The van der Waals surface area contributed by atoms with Crippen LogP contribution in [-0.4, -0.2) is 44.3 Å². The number of para-hydroxylation sites is 1. The highest BCUT2D eigenvalue weighted by atomic mass is 16.5. The van der Waals surface area contributed by atoms with Gasteiger partial charge in [-0.1, -0.05) is 18.2 Å². The molecule has 0 saturated heterocycles. The van der Waals surface area contributed by atoms with Crippen LogP contribution in [0.25, 0.3) is 6.08 Å². The molecule has 0 bridgehead atoms. The largest absolute Gasteiger partial charge is 0.493 e. The number of ether oxygens (including phenoxy) is 2. The molecule has 2 aromatic carbocycles. The average Bonchev–Trinajstić information content (AvgIpc) is 2.91. The van der Waals surface area contributed by atoms with E-state index in [1.807, 2.05) is 35.3 Å². The average molecular weight is 407 g/mol. The van der Waals surface area contributed by atoms with E-state index in [-0.39, 0.29) is 18.1 Å². The molecule has 0 fully saturated rings. The zero-order valence-electron chi connectivity index (χ0n) is 17.8. The molecule has 1 atom stereocenters. The number of anilines is 1. The van der Waals surface area contributed by atoms with E-state index in [1.54, 1.807) is 31.1 Å². The predicted molar refractivity (Wildman–Crippen MR) is 116 cm³/mol. The lowest BCUT2D eigenvalue weighted by atomic mass is 9.76. The van der Waals surface area contributed by atoms with Crippen LogP contribution >= 0.6 is 0 Å². The molecule has 0 aromatic heterocycles. The number of likely N-dealkylation sites (N-methyl/N-ethyl adjacent to an activating group) is 1. The van der Waals surface area contributed by atoms with Crippen molar-refractivity contribution in [2.75, 3.05) is 32.6 Å². The SMILES string of the molecule is COc1cc(N=O)cc2c1OC1(C=C2)N(CC(=O)N(C)C)c2ccccc2C1(C)C. The molecule has 0 N–H and O–H groups in total. The van der Waals surface area contributed by atoms with E-state index < -0.39 is 11.1 Å². The van der Waals surface area contributed by atoms with Crippen molar-refractivity contribution >= 4 is 23.4 Å². The lowest BCUT2D eigenvalue weighted by molar-refractivity contribution is -0.127. The van der Waals surface area contributed by atoms with Gasteiger partial charge in [-0.25, -0.2) is 0 Å². The summed E-state index contributed by atoms with van der Waals surface area (Å²) in [6.07, 6.45) is 3.88. The summed E-state index contributed by atoms with van der Waals surface area (Å²) in [5, 5.41) is 3.03. The zero-order valence-corrected chi connectivity index (χ0v) is 17.8. The van der Waals surface area contributed by atoms with Crippen molar-refractivity contribution in [3.63, 3.8) is 0 Å². The molecular formula is C23H25N3O4. The third-order valence-corrected chi connectivity index (χ3v) is 6.10. The van der Waals surface area contributed by atoms with Crippen LogP contribution in [0.5, 0.6) is 11.5 Å². The first-order valence-electron chi connectivity index (χ1n) is 9.76. The number of fused-ring (bicyclic) bond motifs is 2. The van der Waals surface area contributed by atoms with Crippen molar-refractivity contribution in [1.82, 2.24) is 4.90 Å². The second kappa shape index (κ2) is 6.86. The third kappa shape index (κ3) is 2.69. The van der Waals surface area contributed by atoms with Gasteiger partial charge in [0.1, 0.15) is 12.2 Å². The Hall–Kier alpha value is -3.35. The molecular weight excluding hydrogens is 382 g/mol. The van der Waals surface area contributed by atoms with Gasteiger partial charge >= 0.3 is 0 Å². The van der Waals surface area contributed by atoms with Gasteiger partial charge in [-0.3, -0.25) is 4.79 Å². The number of rotatable bonds is 4. The van der Waals surface area contributed by atoms with Crippen LogP contribution in [0.4, 0.5) is 11.4 Å². The molecule has 7 nitrogen and oxygen atoms in total. The van der Waals surface area contributed by atoms with Gasteiger partial charge in [0.15, 0.2) is 11.5 Å². The quantitative estimate of drug-likeness (QED) is 0.714. The maximum absolute atomic E-state index is 12.7. The van der Waals surface area contributed by atoms with E-state index >= 15 is 0 Å². The minimum Gasteiger partial charge on any atom is -0.493 e. The Morgan fingerprint density at radius 2 is 1.97 bits per heavy atom. The summed E-state index contributed by atoms with van der Waals surface area (Å²) in [6.45, 7) is 4.37. The van der Waals surface area contributed by atoms with Crippen LogP contribution in [-0.2, 0) is 10.2 Å². The van der Waals surface area contributed by atoms with E-state index in [2.05, 4.69) is 25.1 Å². The number of hydrogen-bond donors (Lipinski definition) is 0. The number of benzene rings is 2. The third-order valence-electron chi connectivity index (χ3n) is 6.10. The number of carbonyl (C=O) groups excluding carboxylic acids is 1. The van der Waals surface area contributed by atoms with Gasteiger partial charge in [-0.05, 0) is 48.9 Å². The standard InChI is InChI=1S/C23H25N3O4/c1-22(2)17-8-6-7-9-18(17)26(14-20(27)25(3)4)23(22)11-10-15-12-16(24-28)13-19(29-5)21(15)30-23/h6-13H,14H2,1-5H3. The second-order valence-electron chi connectivity index (χ2n) is 8.31. The Balaban J connectivity index is 1.90. The van der Waals surface area contributed by atoms with Gasteiger partial charge in [0, 0.05) is 31.4 Å². The lowest BCUT2D eigenvalue weighted by Crippen LogP contribution is -2.61. The number of carbonyl (C=O) groups is 1. The molecule has 4 rings (SSSR count). The highest BCUT2D eigenvalue weighted by molar-refractivity contribution is 5.85. The summed E-state index contributed by atoms with van der Waals surface area (Å²) < 4.78 is 12.2. The Morgan fingerprint density at radius 3 is 2.63 bits per heavy atom. The van der Waals surface area contributed by atoms with Crippen LogP contribution in [0.15, 0.2) is 47.7 Å². The predicted octanol–water partition coefficient (Wildman–Crippen LogP) is 4.08.